The lowest BCUT2D eigenvalue weighted by atomic mass is 9.80. The standard InChI is InChI=1S/C9H17NO3/c1-13-9(12)8(11)7(10)5-6-3-2-4-6/h6-8,11H,2-5,10H2,1H3/p+1/t7-,8-/m1/s1. The maximum Gasteiger partial charge on any atom is 0.341 e. The van der Waals surface area contributed by atoms with Gasteiger partial charge in [-0.3, -0.25) is 0 Å². The van der Waals surface area contributed by atoms with Gasteiger partial charge >= 0.3 is 5.97 Å². The SMILES string of the molecule is COC(=O)[C@H](O)[C@H]([NH3+])CC1CCC1. The summed E-state index contributed by atoms with van der Waals surface area (Å²) in [4.78, 5) is 10.9. The van der Waals surface area contributed by atoms with E-state index in [1.165, 1.54) is 26.4 Å². The van der Waals surface area contributed by atoms with Gasteiger partial charge in [0.05, 0.1) is 7.11 Å². The minimum Gasteiger partial charge on any atom is -0.467 e. The molecule has 76 valence electrons. The minimum absolute atomic E-state index is 0.224. The monoisotopic (exact) mass is 188 g/mol. The Morgan fingerprint density at radius 3 is 2.69 bits per heavy atom. The number of methoxy groups -OCH3 is 1. The van der Waals surface area contributed by atoms with Crippen LogP contribution < -0.4 is 5.73 Å². The highest BCUT2D eigenvalue weighted by atomic mass is 16.5. The molecule has 0 aromatic heterocycles. The zero-order valence-electron chi connectivity index (χ0n) is 8.03. The van der Waals surface area contributed by atoms with Crippen LogP contribution in [-0.2, 0) is 9.53 Å². The van der Waals surface area contributed by atoms with Crippen LogP contribution in [0.15, 0.2) is 0 Å². The first-order chi connectivity index (χ1) is 6.15. The molecule has 0 saturated heterocycles. The molecule has 0 amide bonds. The van der Waals surface area contributed by atoms with Gasteiger partial charge in [0.1, 0.15) is 6.04 Å². The predicted molar refractivity (Wildman–Crippen MR) is 46.7 cm³/mol. The third-order valence-electron chi connectivity index (χ3n) is 2.75. The van der Waals surface area contributed by atoms with Gasteiger partial charge in [-0.15, -0.1) is 0 Å². The number of aliphatic hydroxyl groups excluding tert-OH is 1. The van der Waals surface area contributed by atoms with Crippen LogP contribution in [0.3, 0.4) is 0 Å². The molecule has 0 radical (unpaired) electrons. The van der Waals surface area contributed by atoms with Crippen LogP contribution in [0.2, 0.25) is 0 Å². The molecule has 0 aromatic rings. The van der Waals surface area contributed by atoms with Crippen molar-refractivity contribution in [3.8, 4) is 0 Å². The van der Waals surface area contributed by atoms with E-state index in [2.05, 4.69) is 10.5 Å². The zero-order valence-corrected chi connectivity index (χ0v) is 8.03. The van der Waals surface area contributed by atoms with Crippen molar-refractivity contribution in [2.24, 2.45) is 5.92 Å². The molecule has 0 bridgehead atoms. The summed E-state index contributed by atoms with van der Waals surface area (Å²) in [5.74, 6) is 0.0844. The third kappa shape index (κ3) is 2.67. The fourth-order valence-corrected chi connectivity index (χ4v) is 1.60. The first kappa shape index (κ1) is 10.5. The van der Waals surface area contributed by atoms with Gasteiger partial charge in [0.15, 0.2) is 0 Å². The number of carbonyl (C=O) groups is 1. The van der Waals surface area contributed by atoms with Crippen LogP contribution in [0.4, 0.5) is 0 Å². The van der Waals surface area contributed by atoms with Gasteiger partial charge in [-0.05, 0) is 5.92 Å². The van der Waals surface area contributed by atoms with E-state index in [9.17, 15) is 9.90 Å². The smallest absolute Gasteiger partial charge is 0.341 e. The van der Waals surface area contributed by atoms with Crippen LogP contribution in [0.25, 0.3) is 0 Å². The first-order valence-electron chi connectivity index (χ1n) is 4.74. The normalized spacial score (nSPS) is 21.8. The summed E-state index contributed by atoms with van der Waals surface area (Å²) in [6.45, 7) is 0. The molecule has 1 aliphatic rings. The van der Waals surface area contributed by atoms with Crippen LogP contribution >= 0.6 is 0 Å². The van der Waals surface area contributed by atoms with Crippen molar-refractivity contribution in [2.75, 3.05) is 7.11 Å². The molecule has 1 aliphatic carbocycles. The van der Waals surface area contributed by atoms with Gasteiger partial charge < -0.3 is 15.6 Å². The molecule has 4 N–H and O–H groups in total. The molecule has 0 heterocycles. The Hall–Kier alpha value is -0.610. The fourth-order valence-electron chi connectivity index (χ4n) is 1.60. The molecule has 0 aromatic carbocycles. The van der Waals surface area contributed by atoms with E-state index in [1.54, 1.807) is 0 Å². The van der Waals surface area contributed by atoms with E-state index in [0.29, 0.717) is 5.92 Å². The lowest BCUT2D eigenvalue weighted by Gasteiger charge is -2.27. The maximum absolute atomic E-state index is 10.9. The highest BCUT2D eigenvalue weighted by Gasteiger charge is 2.31. The second-order valence-electron chi connectivity index (χ2n) is 3.76. The highest BCUT2D eigenvalue weighted by Crippen LogP contribution is 2.30. The van der Waals surface area contributed by atoms with E-state index < -0.39 is 12.1 Å². The van der Waals surface area contributed by atoms with Crippen molar-refractivity contribution in [1.82, 2.24) is 0 Å². The number of carbonyl (C=O) groups excluding carboxylic acids is 1. The van der Waals surface area contributed by atoms with Gasteiger partial charge in [-0.25, -0.2) is 4.79 Å². The van der Waals surface area contributed by atoms with Gasteiger partial charge in [-0.2, -0.15) is 0 Å². The van der Waals surface area contributed by atoms with Gasteiger partial charge in [-0.1, -0.05) is 19.3 Å². The Balaban J connectivity index is 2.27. The van der Waals surface area contributed by atoms with Crippen molar-refractivity contribution < 1.29 is 20.4 Å². The van der Waals surface area contributed by atoms with E-state index >= 15 is 0 Å². The zero-order chi connectivity index (χ0) is 9.84. The van der Waals surface area contributed by atoms with E-state index in [-0.39, 0.29) is 6.04 Å². The fraction of sp³-hybridized carbons (Fsp3) is 0.889. The number of aliphatic hydroxyl groups is 1. The quantitative estimate of drug-likeness (QED) is 0.574. The summed E-state index contributed by atoms with van der Waals surface area (Å²) in [7, 11) is 1.28. The molecule has 13 heavy (non-hydrogen) atoms. The van der Waals surface area contributed by atoms with E-state index in [0.717, 1.165) is 6.42 Å². The summed E-state index contributed by atoms with van der Waals surface area (Å²) in [5, 5.41) is 9.42. The molecule has 0 spiro atoms. The van der Waals surface area contributed by atoms with Crippen LogP contribution in [0.1, 0.15) is 25.7 Å². The van der Waals surface area contributed by atoms with Crippen molar-refractivity contribution in [3.05, 3.63) is 0 Å². The Kier molecular flexibility index (Phi) is 3.69. The first-order valence-corrected chi connectivity index (χ1v) is 4.74. The molecule has 1 saturated carbocycles. The Labute approximate surface area is 78.1 Å². The van der Waals surface area contributed by atoms with Crippen LogP contribution in [0, 0.1) is 5.92 Å². The van der Waals surface area contributed by atoms with Crippen LogP contribution in [0.5, 0.6) is 0 Å². The van der Waals surface area contributed by atoms with Crippen molar-refractivity contribution in [2.45, 2.75) is 37.8 Å². The summed E-state index contributed by atoms with van der Waals surface area (Å²) in [6, 6.07) is -0.224. The minimum atomic E-state index is -1.05. The number of hydrogen-bond acceptors (Lipinski definition) is 3. The van der Waals surface area contributed by atoms with Crippen LogP contribution in [-0.4, -0.2) is 30.3 Å². The highest BCUT2D eigenvalue weighted by molar-refractivity contribution is 5.74. The Bertz CT molecular complexity index is 180. The number of hydrogen-bond donors (Lipinski definition) is 2. The van der Waals surface area contributed by atoms with Crippen molar-refractivity contribution in [1.29, 1.82) is 0 Å². The van der Waals surface area contributed by atoms with Crippen molar-refractivity contribution >= 4 is 5.97 Å². The van der Waals surface area contributed by atoms with E-state index in [4.69, 9.17) is 0 Å². The molecule has 1 fully saturated rings. The molecule has 0 unspecified atom stereocenters. The van der Waals surface area contributed by atoms with Gasteiger partial charge in [0.2, 0.25) is 6.10 Å². The second kappa shape index (κ2) is 4.58. The number of esters is 1. The third-order valence-corrected chi connectivity index (χ3v) is 2.75. The average Bonchev–Trinajstić information content (AvgIpc) is 2.08. The Morgan fingerprint density at radius 1 is 1.69 bits per heavy atom. The molecule has 0 aliphatic heterocycles. The summed E-state index contributed by atoms with van der Waals surface area (Å²) in [6.07, 6.45) is 3.47. The summed E-state index contributed by atoms with van der Waals surface area (Å²) in [5.41, 5.74) is 3.78. The number of rotatable bonds is 4. The number of quaternary nitrogens is 1. The van der Waals surface area contributed by atoms with Gasteiger partial charge in [0, 0.05) is 6.42 Å². The maximum atomic E-state index is 10.9. The lowest BCUT2D eigenvalue weighted by molar-refractivity contribution is -0.438. The molecule has 4 nitrogen and oxygen atoms in total. The van der Waals surface area contributed by atoms with Crippen molar-refractivity contribution in [3.63, 3.8) is 0 Å². The predicted octanol–water partition coefficient (Wildman–Crippen LogP) is -0.679. The molecular formula is C9H18NO3+. The summed E-state index contributed by atoms with van der Waals surface area (Å²) < 4.78 is 4.44. The molecule has 1 rings (SSSR count). The molecule has 4 heteroatoms. The Morgan fingerprint density at radius 2 is 2.31 bits per heavy atom. The number of ether oxygens (including phenoxy) is 1. The second-order valence-corrected chi connectivity index (χ2v) is 3.76. The largest absolute Gasteiger partial charge is 0.467 e. The molecule has 2 atom stereocenters. The topological polar surface area (TPSA) is 74.2 Å². The van der Waals surface area contributed by atoms with E-state index in [1.807, 2.05) is 0 Å². The summed E-state index contributed by atoms with van der Waals surface area (Å²) >= 11 is 0. The van der Waals surface area contributed by atoms with Gasteiger partial charge in [0.25, 0.3) is 0 Å². The average molecular weight is 188 g/mol. The molecular weight excluding hydrogens is 170 g/mol. The lowest BCUT2D eigenvalue weighted by Crippen LogP contribution is -2.68.